The summed E-state index contributed by atoms with van der Waals surface area (Å²) in [4.78, 5) is 14.9. The first-order valence-electron chi connectivity index (χ1n) is 4.74. The van der Waals surface area contributed by atoms with Gasteiger partial charge < -0.3 is 9.57 Å². The zero-order chi connectivity index (χ0) is 12.1. The summed E-state index contributed by atoms with van der Waals surface area (Å²) < 4.78 is 4.94. The van der Waals surface area contributed by atoms with Crippen molar-refractivity contribution in [2.24, 2.45) is 5.90 Å². The van der Waals surface area contributed by atoms with Gasteiger partial charge in [-0.2, -0.15) is 0 Å². The number of nitrogens with two attached hydrogens (primary N) is 1. The molecule has 0 fully saturated rings. The van der Waals surface area contributed by atoms with Gasteiger partial charge in [0.15, 0.2) is 0 Å². The summed E-state index contributed by atoms with van der Waals surface area (Å²) in [5.41, 5.74) is 0.597. The highest BCUT2D eigenvalue weighted by Gasteiger charge is 2.19. The van der Waals surface area contributed by atoms with Crippen molar-refractivity contribution in [1.29, 1.82) is 0 Å². The van der Waals surface area contributed by atoms with E-state index in [2.05, 4.69) is 4.84 Å². The SMILES string of the molecule is COc1ccc(C(C)CON)c([N+](=O)[O-])c1. The van der Waals surface area contributed by atoms with Crippen LogP contribution in [-0.2, 0) is 4.84 Å². The zero-order valence-corrected chi connectivity index (χ0v) is 9.17. The van der Waals surface area contributed by atoms with Gasteiger partial charge in [-0.25, -0.2) is 5.90 Å². The lowest BCUT2D eigenvalue weighted by molar-refractivity contribution is -0.385. The molecule has 6 nitrogen and oxygen atoms in total. The van der Waals surface area contributed by atoms with E-state index in [1.807, 2.05) is 6.92 Å². The maximum absolute atomic E-state index is 10.9. The predicted molar refractivity (Wildman–Crippen MR) is 58.2 cm³/mol. The maximum atomic E-state index is 10.9. The average molecular weight is 226 g/mol. The van der Waals surface area contributed by atoms with Crippen LogP contribution < -0.4 is 10.6 Å². The van der Waals surface area contributed by atoms with Gasteiger partial charge in [0.2, 0.25) is 0 Å². The summed E-state index contributed by atoms with van der Waals surface area (Å²) in [6, 6.07) is 4.72. The van der Waals surface area contributed by atoms with E-state index in [9.17, 15) is 10.1 Å². The molecule has 6 heteroatoms. The third-order valence-corrected chi connectivity index (χ3v) is 2.31. The molecule has 1 aromatic rings. The van der Waals surface area contributed by atoms with Gasteiger partial charge in [-0.05, 0) is 12.1 Å². The Morgan fingerprint density at radius 2 is 2.25 bits per heavy atom. The summed E-state index contributed by atoms with van der Waals surface area (Å²) in [7, 11) is 1.46. The maximum Gasteiger partial charge on any atom is 0.276 e. The first-order valence-corrected chi connectivity index (χ1v) is 4.74. The minimum Gasteiger partial charge on any atom is -0.497 e. The number of nitro groups is 1. The summed E-state index contributed by atoms with van der Waals surface area (Å²) in [6.07, 6.45) is 0. The van der Waals surface area contributed by atoms with Crippen molar-refractivity contribution in [3.8, 4) is 5.75 Å². The molecule has 0 aliphatic carbocycles. The Morgan fingerprint density at radius 3 is 2.75 bits per heavy atom. The number of methoxy groups -OCH3 is 1. The standard InChI is InChI=1S/C10H14N2O4/c1-7(6-16-11)9-4-3-8(15-2)5-10(9)12(13)14/h3-5,7H,6,11H2,1-2H3. The van der Waals surface area contributed by atoms with Gasteiger partial charge in [-0.15, -0.1) is 0 Å². The molecule has 0 amide bonds. The van der Waals surface area contributed by atoms with Crippen molar-refractivity contribution in [2.75, 3.05) is 13.7 Å². The van der Waals surface area contributed by atoms with Crippen LogP contribution in [0.5, 0.6) is 5.75 Å². The molecule has 2 N–H and O–H groups in total. The molecule has 0 saturated heterocycles. The third-order valence-electron chi connectivity index (χ3n) is 2.31. The van der Waals surface area contributed by atoms with Gasteiger partial charge in [-0.1, -0.05) is 6.92 Å². The first kappa shape index (κ1) is 12.4. The minimum atomic E-state index is -0.440. The van der Waals surface area contributed by atoms with Crippen LogP contribution in [-0.4, -0.2) is 18.6 Å². The second kappa shape index (κ2) is 5.43. The van der Waals surface area contributed by atoms with E-state index in [1.165, 1.54) is 13.2 Å². The highest BCUT2D eigenvalue weighted by Crippen LogP contribution is 2.30. The Bertz CT molecular complexity index is 381. The van der Waals surface area contributed by atoms with E-state index in [0.717, 1.165) is 0 Å². The molecule has 1 unspecified atom stereocenters. The summed E-state index contributed by atoms with van der Waals surface area (Å²) >= 11 is 0. The molecule has 1 atom stereocenters. The molecule has 88 valence electrons. The number of rotatable bonds is 5. The summed E-state index contributed by atoms with van der Waals surface area (Å²) in [6.45, 7) is 2.04. The van der Waals surface area contributed by atoms with Gasteiger partial charge in [0, 0.05) is 11.5 Å². The van der Waals surface area contributed by atoms with Crippen LogP contribution in [0.1, 0.15) is 18.4 Å². The van der Waals surface area contributed by atoms with Crippen LogP contribution in [0.25, 0.3) is 0 Å². The monoisotopic (exact) mass is 226 g/mol. The zero-order valence-electron chi connectivity index (χ0n) is 9.17. The molecular weight excluding hydrogens is 212 g/mol. The number of hydrogen-bond donors (Lipinski definition) is 1. The molecule has 0 spiro atoms. The number of nitrogens with zero attached hydrogens (tertiary/aromatic N) is 1. The second-order valence-corrected chi connectivity index (χ2v) is 3.42. The molecular formula is C10H14N2O4. The van der Waals surface area contributed by atoms with Crippen LogP contribution in [0.15, 0.2) is 18.2 Å². The van der Waals surface area contributed by atoms with Crippen LogP contribution in [0.3, 0.4) is 0 Å². The smallest absolute Gasteiger partial charge is 0.276 e. The molecule has 0 bridgehead atoms. The van der Waals surface area contributed by atoms with Gasteiger partial charge >= 0.3 is 0 Å². The molecule has 0 aliphatic rings. The lowest BCUT2D eigenvalue weighted by Crippen LogP contribution is -2.10. The number of nitro benzene ring substituents is 1. The van der Waals surface area contributed by atoms with Crippen molar-refractivity contribution in [3.63, 3.8) is 0 Å². The topological polar surface area (TPSA) is 87.6 Å². The Kier molecular flexibility index (Phi) is 4.21. The van der Waals surface area contributed by atoms with E-state index in [4.69, 9.17) is 10.6 Å². The van der Waals surface area contributed by atoms with Crippen LogP contribution in [0, 0.1) is 10.1 Å². The molecule has 0 aromatic heterocycles. The van der Waals surface area contributed by atoms with E-state index in [-0.39, 0.29) is 18.2 Å². The van der Waals surface area contributed by atoms with E-state index < -0.39 is 4.92 Å². The molecule has 16 heavy (non-hydrogen) atoms. The van der Waals surface area contributed by atoms with Crippen molar-refractivity contribution in [2.45, 2.75) is 12.8 Å². The van der Waals surface area contributed by atoms with Gasteiger partial charge in [0.25, 0.3) is 5.69 Å². The van der Waals surface area contributed by atoms with Crippen molar-refractivity contribution in [1.82, 2.24) is 0 Å². The molecule has 1 aromatic carbocycles. The van der Waals surface area contributed by atoms with E-state index in [0.29, 0.717) is 11.3 Å². The Morgan fingerprint density at radius 1 is 1.56 bits per heavy atom. The lowest BCUT2D eigenvalue weighted by Gasteiger charge is -2.11. The normalized spacial score (nSPS) is 12.2. The average Bonchev–Trinajstić information content (AvgIpc) is 2.28. The first-order chi connectivity index (χ1) is 7.60. The van der Waals surface area contributed by atoms with Crippen LogP contribution in [0.4, 0.5) is 5.69 Å². The largest absolute Gasteiger partial charge is 0.497 e. The summed E-state index contributed by atoms with van der Waals surface area (Å²) in [5, 5.41) is 10.9. The Labute approximate surface area is 93.1 Å². The number of benzene rings is 1. The van der Waals surface area contributed by atoms with Gasteiger partial charge in [-0.3, -0.25) is 10.1 Å². The fraction of sp³-hybridized carbons (Fsp3) is 0.400. The lowest BCUT2D eigenvalue weighted by atomic mass is 10.00. The quantitative estimate of drug-likeness (QED) is 0.608. The fourth-order valence-electron chi connectivity index (χ4n) is 1.46. The fourth-order valence-corrected chi connectivity index (χ4v) is 1.46. The molecule has 0 aliphatic heterocycles. The highest BCUT2D eigenvalue weighted by molar-refractivity contribution is 5.47. The molecule has 0 radical (unpaired) electrons. The molecule has 0 heterocycles. The van der Waals surface area contributed by atoms with Gasteiger partial charge in [0.05, 0.1) is 24.7 Å². The second-order valence-electron chi connectivity index (χ2n) is 3.42. The third kappa shape index (κ3) is 2.68. The van der Waals surface area contributed by atoms with Crippen molar-refractivity contribution in [3.05, 3.63) is 33.9 Å². The Balaban J connectivity index is 3.12. The van der Waals surface area contributed by atoms with Crippen molar-refractivity contribution >= 4 is 5.69 Å². The highest BCUT2D eigenvalue weighted by atomic mass is 16.6. The number of hydrogen-bond acceptors (Lipinski definition) is 5. The molecule has 1 rings (SSSR count). The van der Waals surface area contributed by atoms with E-state index in [1.54, 1.807) is 12.1 Å². The minimum absolute atomic E-state index is 0.0175. The number of ether oxygens (including phenoxy) is 1. The van der Waals surface area contributed by atoms with E-state index >= 15 is 0 Å². The summed E-state index contributed by atoms with van der Waals surface area (Å²) in [5.74, 6) is 5.27. The van der Waals surface area contributed by atoms with Crippen LogP contribution >= 0.6 is 0 Å². The molecule has 0 saturated carbocycles. The Hall–Kier alpha value is -1.66. The predicted octanol–water partition coefficient (Wildman–Crippen LogP) is 1.60. The van der Waals surface area contributed by atoms with Crippen LogP contribution in [0.2, 0.25) is 0 Å². The van der Waals surface area contributed by atoms with Crippen molar-refractivity contribution < 1.29 is 14.5 Å². The van der Waals surface area contributed by atoms with Gasteiger partial charge in [0.1, 0.15) is 5.75 Å².